The number of rotatable bonds is 4. The van der Waals surface area contributed by atoms with Crippen molar-refractivity contribution in [3.05, 3.63) is 11.1 Å². The number of hydrogen-bond donors (Lipinski definition) is 1. The van der Waals surface area contributed by atoms with Crippen molar-refractivity contribution >= 4 is 23.1 Å². The van der Waals surface area contributed by atoms with Crippen molar-refractivity contribution < 1.29 is 0 Å². The normalized spacial score (nSPS) is 29.5. The number of nitrogens with zero attached hydrogens (tertiary/aromatic N) is 1. The maximum atomic E-state index is 5.91. The first kappa shape index (κ1) is 13.4. The molecule has 2 nitrogen and oxygen atoms in total. The van der Waals surface area contributed by atoms with Crippen LogP contribution in [0.3, 0.4) is 0 Å². The van der Waals surface area contributed by atoms with Crippen LogP contribution in [0.25, 0.3) is 0 Å². The quantitative estimate of drug-likeness (QED) is 0.906. The highest BCUT2D eigenvalue weighted by Crippen LogP contribution is 2.41. The predicted molar refractivity (Wildman–Crippen MR) is 76.7 cm³/mol. The predicted octanol–water partition coefficient (Wildman–Crippen LogP) is 3.70. The van der Waals surface area contributed by atoms with Gasteiger partial charge >= 0.3 is 0 Å². The van der Waals surface area contributed by atoms with Crippen molar-refractivity contribution in [2.45, 2.75) is 49.1 Å². The molecule has 0 saturated heterocycles. The van der Waals surface area contributed by atoms with Crippen LogP contribution in [0.2, 0.25) is 0 Å². The van der Waals surface area contributed by atoms with Crippen molar-refractivity contribution in [1.82, 2.24) is 4.98 Å². The van der Waals surface area contributed by atoms with E-state index in [2.05, 4.69) is 24.2 Å². The first-order valence-electron chi connectivity index (χ1n) is 6.51. The van der Waals surface area contributed by atoms with Gasteiger partial charge in [0.15, 0.2) is 0 Å². The third-order valence-corrected chi connectivity index (χ3v) is 6.27. The van der Waals surface area contributed by atoms with Gasteiger partial charge in [0, 0.05) is 16.3 Å². The molecule has 0 bridgehead atoms. The molecular weight excluding hydrogens is 248 g/mol. The third kappa shape index (κ3) is 3.46. The van der Waals surface area contributed by atoms with Gasteiger partial charge in [0.2, 0.25) is 0 Å². The van der Waals surface area contributed by atoms with Crippen LogP contribution in [0, 0.1) is 18.8 Å². The average molecular weight is 270 g/mol. The molecule has 3 atom stereocenters. The van der Waals surface area contributed by atoms with Crippen molar-refractivity contribution in [2.75, 3.05) is 6.54 Å². The highest BCUT2D eigenvalue weighted by atomic mass is 32.2. The Kier molecular flexibility index (Phi) is 4.88. The van der Waals surface area contributed by atoms with Crippen LogP contribution in [0.1, 0.15) is 38.3 Å². The van der Waals surface area contributed by atoms with Gasteiger partial charge in [-0.15, -0.1) is 11.3 Å². The molecule has 2 rings (SSSR count). The van der Waals surface area contributed by atoms with E-state index in [-0.39, 0.29) is 0 Å². The SMILES string of the molecule is CCC1CCC(CN)C(Sc2nc(C)cs2)C1. The van der Waals surface area contributed by atoms with E-state index in [9.17, 15) is 0 Å². The van der Waals surface area contributed by atoms with Crippen LogP contribution in [0.15, 0.2) is 9.72 Å². The molecule has 0 amide bonds. The zero-order valence-corrected chi connectivity index (χ0v) is 12.3. The summed E-state index contributed by atoms with van der Waals surface area (Å²) in [5, 5.41) is 2.82. The minimum Gasteiger partial charge on any atom is -0.330 e. The number of hydrogen-bond acceptors (Lipinski definition) is 4. The lowest BCUT2D eigenvalue weighted by Crippen LogP contribution is -2.32. The van der Waals surface area contributed by atoms with E-state index in [1.54, 1.807) is 11.3 Å². The lowest BCUT2D eigenvalue weighted by Gasteiger charge is -2.34. The Bertz CT molecular complexity index is 351. The highest BCUT2D eigenvalue weighted by molar-refractivity contribution is 8.01. The smallest absolute Gasteiger partial charge is 0.150 e. The molecule has 0 aliphatic heterocycles. The summed E-state index contributed by atoms with van der Waals surface area (Å²) >= 11 is 3.74. The zero-order chi connectivity index (χ0) is 12.3. The fraction of sp³-hybridized carbons (Fsp3) is 0.769. The summed E-state index contributed by atoms with van der Waals surface area (Å²) < 4.78 is 1.22. The molecule has 1 aliphatic carbocycles. The maximum Gasteiger partial charge on any atom is 0.150 e. The summed E-state index contributed by atoms with van der Waals surface area (Å²) in [6.45, 7) is 5.21. The van der Waals surface area contributed by atoms with Gasteiger partial charge in [-0.05, 0) is 38.1 Å². The number of aromatic nitrogens is 1. The maximum absolute atomic E-state index is 5.91. The van der Waals surface area contributed by atoms with Crippen molar-refractivity contribution in [1.29, 1.82) is 0 Å². The van der Waals surface area contributed by atoms with Crippen LogP contribution in [-0.2, 0) is 0 Å². The molecule has 1 aromatic heterocycles. The Morgan fingerprint density at radius 2 is 2.35 bits per heavy atom. The lowest BCUT2D eigenvalue weighted by atomic mass is 9.80. The molecule has 1 aromatic rings. The molecule has 0 radical (unpaired) electrons. The second kappa shape index (κ2) is 6.21. The summed E-state index contributed by atoms with van der Waals surface area (Å²) in [5.41, 5.74) is 7.05. The highest BCUT2D eigenvalue weighted by Gasteiger charge is 2.30. The fourth-order valence-electron chi connectivity index (χ4n) is 2.58. The topological polar surface area (TPSA) is 38.9 Å². The Morgan fingerprint density at radius 3 is 2.94 bits per heavy atom. The van der Waals surface area contributed by atoms with Gasteiger partial charge in [0.05, 0.1) is 0 Å². The van der Waals surface area contributed by atoms with E-state index >= 15 is 0 Å². The Labute approximate surface area is 112 Å². The van der Waals surface area contributed by atoms with Crippen LogP contribution in [0.5, 0.6) is 0 Å². The van der Waals surface area contributed by atoms with Gasteiger partial charge in [0.25, 0.3) is 0 Å². The largest absolute Gasteiger partial charge is 0.330 e. The molecule has 0 spiro atoms. The Balaban J connectivity index is 2.00. The Hall–Kier alpha value is -0.0600. The van der Waals surface area contributed by atoms with Gasteiger partial charge in [-0.1, -0.05) is 31.5 Å². The van der Waals surface area contributed by atoms with E-state index in [4.69, 9.17) is 5.73 Å². The molecule has 0 aromatic carbocycles. The van der Waals surface area contributed by atoms with Gasteiger partial charge in [0.1, 0.15) is 4.34 Å². The summed E-state index contributed by atoms with van der Waals surface area (Å²) in [6.07, 6.45) is 5.30. The standard InChI is InChI=1S/C13H22N2S2/c1-3-10-4-5-11(7-14)12(6-10)17-13-15-9(2)8-16-13/h8,10-12H,3-7,14H2,1-2H3. The molecule has 3 unspecified atom stereocenters. The van der Waals surface area contributed by atoms with E-state index in [1.807, 2.05) is 11.8 Å². The fourth-order valence-corrected chi connectivity index (χ4v) is 5.10. The molecule has 1 heterocycles. The van der Waals surface area contributed by atoms with E-state index in [0.29, 0.717) is 11.2 Å². The minimum absolute atomic E-state index is 0.684. The molecule has 96 valence electrons. The molecule has 1 fully saturated rings. The third-order valence-electron chi connectivity index (χ3n) is 3.77. The summed E-state index contributed by atoms with van der Waals surface area (Å²) in [5.74, 6) is 1.59. The molecule has 2 N–H and O–H groups in total. The summed E-state index contributed by atoms with van der Waals surface area (Å²) in [4.78, 5) is 4.57. The van der Waals surface area contributed by atoms with Gasteiger partial charge in [-0.3, -0.25) is 0 Å². The van der Waals surface area contributed by atoms with Gasteiger partial charge in [-0.25, -0.2) is 4.98 Å². The van der Waals surface area contributed by atoms with Gasteiger partial charge < -0.3 is 5.73 Å². The molecule has 1 saturated carbocycles. The van der Waals surface area contributed by atoms with Crippen molar-refractivity contribution in [3.8, 4) is 0 Å². The first-order valence-corrected chi connectivity index (χ1v) is 8.27. The van der Waals surface area contributed by atoms with Crippen molar-refractivity contribution in [2.24, 2.45) is 17.6 Å². The first-order chi connectivity index (χ1) is 8.22. The van der Waals surface area contributed by atoms with Crippen molar-refractivity contribution in [3.63, 3.8) is 0 Å². The lowest BCUT2D eigenvalue weighted by molar-refractivity contribution is 0.284. The van der Waals surface area contributed by atoms with E-state index in [1.165, 1.54) is 30.0 Å². The van der Waals surface area contributed by atoms with Gasteiger partial charge in [-0.2, -0.15) is 0 Å². The number of thiazole rings is 1. The molecular formula is C13H22N2S2. The Morgan fingerprint density at radius 1 is 1.53 bits per heavy atom. The number of aryl methyl sites for hydroxylation is 1. The second-order valence-corrected chi connectivity index (χ2v) is 7.34. The number of nitrogens with two attached hydrogens (primary N) is 1. The molecule has 1 aliphatic rings. The summed E-state index contributed by atoms with van der Waals surface area (Å²) in [6, 6.07) is 0. The van der Waals surface area contributed by atoms with E-state index < -0.39 is 0 Å². The average Bonchev–Trinajstić information content (AvgIpc) is 2.74. The van der Waals surface area contributed by atoms with E-state index in [0.717, 1.165) is 18.2 Å². The monoisotopic (exact) mass is 270 g/mol. The summed E-state index contributed by atoms with van der Waals surface area (Å²) in [7, 11) is 0. The van der Waals surface area contributed by atoms with Crippen LogP contribution in [-0.4, -0.2) is 16.8 Å². The zero-order valence-electron chi connectivity index (χ0n) is 10.7. The molecule has 17 heavy (non-hydrogen) atoms. The van der Waals surface area contributed by atoms with Crippen LogP contribution >= 0.6 is 23.1 Å². The second-order valence-electron chi connectivity index (χ2n) is 4.99. The number of thioether (sulfide) groups is 1. The van der Waals surface area contributed by atoms with Crippen LogP contribution < -0.4 is 5.73 Å². The minimum atomic E-state index is 0.684. The van der Waals surface area contributed by atoms with Crippen LogP contribution in [0.4, 0.5) is 0 Å². The molecule has 4 heteroatoms.